The fraction of sp³-hybridized carbons (Fsp3) is 0.500. The number of carboxylic acid groups (broad SMARTS) is 1. The van der Waals surface area contributed by atoms with Crippen LogP contribution in [-0.2, 0) is 14.8 Å². The zero-order valence-corrected chi connectivity index (χ0v) is 12.4. The predicted molar refractivity (Wildman–Crippen MR) is 74.8 cm³/mol. The van der Waals surface area contributed by atoms with Crippen LogP contribution >= 0.6 is 0 Å². The normalized spacial score (nSPS) is 23.4. The third-order valence-corrected chi connectivity index (χ3v) is 5.69. The van der Waals surface area contributed by atoms with E-state index in [1.54, 1.807) is 32.0 Å². The van der Waals surface area contributed by atoms with E-state index in [1.807, 2.05) is 0 Å². The zero-order chi connectivity index (χ0) is 15.0. The number of piperidine rings is 1. The molecule has 6 heteroatoms. The molecule has 1 saturated heterocycles. The standard InChI is InChI=1S/C14H19NO4S/c1-14(2)9-6-10-15(12(14)13(16)17)20(18,19)11-7-4-3-5-8-11/h3-5,7-8,12H,6,9-10H2,1-2H3,(H,16,17). The van der Waals surface area contributed by atoms with Gasteiger partial charge in [0.2, 0.25) is 10.0 Å². The number of carboxylic acids is 1. The van der Waals surface area contributed by atoms with Crippen LogP contribution in [0.25, 0.3) is 0 Å². The molecule has 0 bridgehead atoms. The second kappa shape index (κ2) is 5.18. The molecular weight excluding hydrogens is 278 g/mol. The molecule has 1 atom stereocenters. The Bertz CT molecular complexity index is 595. The summed E-state index contributed by atoms with van der Waals surface area (Å²) in [6, 6.07) is 6.97. The first kappa shape index (κ1) is 15.0. The molecule has 2 rings (SSSR count). The highest BCUT2D eigenvalue weighted by molar-refractivity contribution is 7.89. The van der Waals surface area contributed by atoms with Crippen molar-refractivity contribution in [2.75, 3.05) is 6.54 Å². The Balaban J connectivity index is 2.47. The quantitative estimate of drug-likeness (QED) is 0.925. The zero-order valence-electron chi connectivity index (χ0n) is 11.6. The van der Waals surface area contributed by atoms with E-state index >= 15 is 0 Å². The van der Waals surface area contributed by atoms with Gasteiger partial charge in [0, 0.05) is 6.54 Å². The van der Waals surface area contributed by atoms with Gasteiger partial charge in [-0.25, -0.2) is 8.42 Å². The third-order valence-electron chi connectivity index (χ3n) is 3.81. The van der Waals surface area contributed by atoms with E-state index in [0.29, 0.717) is 12.8 Å². The van der Waals surface area contributed by atoms with Crippen LogP contribution in [0.2, 0.25) is 0 Å². The van der Waals surface area contributed by atoms with Gasteiger partial charge in [-0.1, -0.05) is 32.0 Å². The van der Waals surface area contributed by atoms with Gasteiger partial charge in [-0.05, 0) is 30.4 Å². The first-order valence-corrected chi connectivity index (χ1v) is 8.00. The van der Waals surface area contributed by atoms with Crippen LogP contribution in [0.4, 0.5) is 0 Å². The van der Waals surface area contributed by atoms with Crippen LogP contribution in [0.15, 0.2) is 35.2 Å². The van der Waals surface area contributed by atoms with Crippen molar-refractivity contribution in [1.82, 2.24) is 4.31 Å². The molecule has 1 aromatic rings. The fourth-order valence-electron chi connectivity index (χ4n) is 2.79. The lowest BCUT2D eigenvalue weighted by Gasteiger charge is -2.42. The maximum Gasteiger partial charge on any atom is 0.322 e. The summed E-state index contributed by atoms with van der Waals surface area (Å²) in [5.41, 5.74) is -0.577. The maximum absolute atomic E-state index is 12.7. The molecule has 0 radical (unpaired) electrons. The molecule has 110 valence electrons. The van der Waals surface area contributed by atoms with Gasteiger partial charge >= 0.3 is 5.97 Å². The summed E-state index contributed by atoms with van der Waals surface area (Å²) >= 11 is 0. The summed E-state index contributed by atoms with van der Waals surface area (Å²) in [4.78, 5) is 11.7. The first-order chi connectivity index (χ1) is 9.27. The average molecular weight is 297 g/mol. The Morgan fingerprint density at radius 2 is 1.90 bits per heavy atom. The molecule has 0 saturated carbocycles. The molecular formula is C14H19NO4S. The highest BCUT2D eigenvalue weighted by Gasteiger charge is 2.47. The molecule has 1 aromatic carbocycles. The van der Waals surface area contributed by atoms with Crippen LogP contribution in [-0.4, -0.2) is 36.4 Å². The van der Waals surface area contributed by atoms with Crippen molar-refractivity contribution in [2.45, 2.75) is 37.6 Å². The number of hydrogen-bond acceptors (Lipinski definition) is 3. The van der Waals surface area contributed by atoms with E-state index in [4.69, 9.17) is 0 Å². The summed E-state index contributed by atoms with van der Waals surface area (Å²) in [7, 11) is -3.77. The summed E-state index contributed by atoms with van der Waals surface area (Å²) in [5, 5.41) is 9.45. The molecule has 0 spiro atoms. The number of hydrogen-bond donors (Lipinski definition) is 1. The molecule has 1 aliphatic rings. The second-order valence-corrected chi connectivity index (χ2v) is 7.65. The van der Waals surface area contributed by atoms with Crippen molar-refractivity contribution in [3.05, 3.63) is 30.3 Å². The van der Waals surface area contributed by atoms with E-state index in [-0.39, 0.29) is 11.4 Å². The predicted octanol–water partition coefficient (Wildman–Crippen LogP) is 1.95. The van der Waals surface area contributed by atoms with E-state index in [9.17, 15) is 18.3 Å². The van der Waals surface area contributed by atoms with Gasteiger partial charge in [0.1, 0.15) is 6.04 Å². The van der Waals surface area contributed by atoms with Gasteiger partial charge in [0.25, 0.3) is 0 Å². The highest BCUT2D eigenvalue weighted by atomic mass is 32.2. The van der Waals surface area contributed by atoms with Gasteiger partial charge in [-0.3, -0.25) is 4.79 Å². The monoisotopic (exact) mass is 297 g/mol. The summed E-state index contributed by atoms with van der Waals surface area (Å²) in [6.07, 6.45) is 1.37. The van der Waals surface area contributed by atoms with Gasteiger partial charge in [-0.2, -0.15) is 4.31 Å². The van der Waals surface area contributed by atoms with Gasteiger partial charge < -0.3 is 5.11 Å². The molecule has 1 heterocycles. The maximum atomic E-state index is 12.7. The van der Waals surface area contributed by atoms with Crippen LogP contribution in [0.3, 0.4) is 0 Å². The molecule has 0 amide bonds. The summed E-state index contributed by atoms with van der Waals surface area (Å²) in [6.45, 7) is 3.86. The van der Waals surface area contributed by atoms with Crippen molar-refractivity contribution < 1.29 is 18.3 Å². The molecule has 0 aromatic heterocycles. The van der Waals surface area contributed by atoms with Crippen LogP contribution in [0.1, 0.15) is 26.7 Å². The molecule has 5 nitrogen and oxygen atoms in total. The van der Waals surface area contributed by atoms with E-state index in [2.05, 4.69) is 0 Å². The van der Waals surface area contributed by atoms with Crippen molar-refractivity contribution in [3.8, 4) is 0 Å². The minimum atomic E-state index is -3.77. The Labute approximate surface area is 119 Å². The van der Waals surface area contributed by atoms with Crippen LogP contribution in [0.5, 0.6) is 0 Å². The number of sulfonamides is 1. The number of aliphatic carboxylic acids is 1. The molecule has 1 aliphatic heterocycles. The lowest BCUT2D eigenvalue weighted by molar-refractivity contribution is -0.147. The third kappa shape index (κ3) is 2.58. The average Bonchev–Trinajstić information content (AvgIpc) is 2.37. The van der Waals surface area contributed by atoms with Gasteiger partial charge in [0.15, 0.2) is 0 Å². The van der Waals surface area contributed by atoms with Crippen molar-refractivity contribution in [1.29, 1.82) is 0 Å². The van der Waals surface area contributed by atoms with Crippen LogP contribution in [0, 0.1) is 5.41 Å². The highest BCUT2D eigenvalue weighted by Crippen LogP contribution is 2.38. The Hall–Kier alpha value is -1.40. The minimum Gasteiger partial charge on any atom is -0.480 e. The van der Waals surface area contributed by atoms with Gasteiger partial charge in [0.05, 0.1) is 4.90 Å². The smallest absolute Gasteiger partial charge is 0.322 e. The molecule has 1 N–H and O–H groups in total. The summed E-state index contributed by atoms with van der Waals surface area (Å²) < 4.78 is 26.4. The fourth-order valence-corrected chi connectivity index (χ4v) is 4.58. The summed E-state index contributed by atoms with van der Waals surface area (Å²) in [5.74, 6) is -1.09. The topological polar surface area (TPSA) is 74.7 Å². The second-order valence-electron chi connectivity index (χ2n) is 5.76. The van der Waals surface area contributed by atoms with Crippen molar-refractivity contribution >= 4 is 16.0 Å². The molecule has 20 heavy (non-hydrogen) atoms. The number of rotatable bonds is 3. The van der Waals surface area contributed by atoms with Crippen LogP contribution < -0.4 is 0 Å². The Morgan fingerprint density at radius 1 is 1.30 bits per heavy atom. The lowest BCUT2D eigenvalue weighted by atomic mass is 9.77. The SMILES string of the molecule is CC1(C)CCCN(S(=O)(=O)c2ccccc2)C1C(=O)O. The Kier molecular flexibility index (Phi) is 3.88. The number of benzene rings is 1. The Morgan fingerprint density at radius 3 is 2.45 bits per heavy atom. The van der Waals surface area contributed by atoms with Crippen molar-refractivity contribution in [2.24, 2.45) is 5.41 Å². The lowest BCUT2D eigenvalue weighted by Crippen LogP contribution is -2.56. The largest absolute Gasteiger partial charge is 0.480 e. The van der Waals surface area contributed by atoms with Crippen molar-refractivity contribution in [3.63, 3.8) is 0 Å². The molecule has 1 fully saturated rings. The van der Waals surface area contributed by atoms with E-state index in [0.717, 1.165) is 4.31 Å². The van der Waals surface area contributed by atoms with E-state index in [1.165, 1.54) is 12.1 Å². The number of carbonyl (C=O) groups is 1. The number of nitrogens with zero attached hydrogens (tertiary/aromatic N) is 1. The van der Waals surface area contributed by atoms with Gasteiger partial charge in [-0.15, -0.1) is 0 Å². The first-order valence-electron chi connectivity index (χ1n) is 6.56. The minimum absolute atomic E-state index is 0.143. The molecule has 1 unspecified atom stereocenters. The van der Waals surface area contributed by atoms with E-state index < -0.39 is 27.4 Å². The molecule has 0 aliphatic carbocycles.